The first kappa shape index (κ1) is 16.3. The largest absolute Gasteiger partial charge is 0.494 e. The predicted molar refractivity (Wildman–Crippen MR) is 89.6 cm³/mol. The summed E-state index contributed by atoms with van der Waals surface area (Å²) in [7, 11) is 3.32. The van der Waals surface area contributed by atoms with Crippen LogP contribution in [0.15, 0.2) is 51.8 Å². The summed E-state index contributed by atoms with van der Waals surface area (Å²) in [6.45, 7) is 0. The maximum atomic E-state index is 14.3. The van der Waals surface area contributed by atoms with Crippen LogP contribution in [-0.2, 0) is 0 Å². The molecule has 0 fully saturated rings. The molecular formula is C16H17BrFNOS. The number of rotatable bonds is 6. The Morgan fingerprint density at radius 1 is 1.24 bits per heavy atom. The molecule has 0 aliphatic heterocycles. The molecule has 2 rings (SSSR count). The topological polar surface area (TPSA) is 21.3 Å². The lowest BCUT2D eigenvalue weighted by molar-refractivity contribution is 0.381. The van der Waals surface area contributed by atoms with E-state index in [-0.39, 0.29) is 17.6 Å². The van der Waals surface area contributed by atoms with E-state index in [0.717, 1.165) is 15.1 Å². The molecule has 0 heterocycles. The van der Waals surface area contributed by atoms with Crippen LogP contribution < -0.4 is 10.1 Å². The molecule has 0 aliphatic rings. The van der Waals surface area contributed by atoms with Gasteiger partial charge in [-0.05, 0) is 37.4 Å². The van der Waals surface area contributed by atoms with E-state index in [4.69, 9.17) is 4.74 Å². The second-order valence-electron chi connectivity index (χ2n) is 4.47. The van der Waals surface area contributed by atoms with Crippen LogP contribution >= 0.6 is 27.7 Å². The lowest BCUT2D eigenvalue weighted by Crippen LogP contribution is -2.20. The number of halogens is 2. The van der Waals surface area contributed by atoms with E-state index in [0.29, 0.717) is 5.56 Å². The van der Waals surface area contributed by atoms with Gasteiger partial charge >= 0.3 is 0 Å². The van der Waals surface area contributed by atoms with Gasteiger partial charge < -0.3 is 10.1 Å². The summed E-state index contributed by atoms with van der Waals surface area (Å²) >= 11 is 5.10. The van der Waals surface area contributed by atoms with Crippen LogP contribution in [0.2, 0.25) is 0 Å². The third-order valence-corrected chi connectivity index (χ3v) is 4.80. The van der Waals surface area contributed by atoms with Crippen molar-refractivity contribution in [3.05, 3.63) is 58.3 Å². The van der Waals surface area contributed by atoms with Crippen LogP contribution in [0.25, 0.3) is 0 Å². The Hall–Kier alpha value is -1.04. The lowest BCUT2D eigenvalue weighted by atomic mass is 10.1. The third-order valence-electron chi connectivity index (χ3n) is 3.17. The first-order valence-electron chi connectivity index (χ1n) is 6.53. The van der Waals surface area contributed by atoms with Gasteiger partial charge in [-0.25, -0.2) is 4.39 Å². The van der Waals surface area contributed by atoms with Gasteiger partial charge in [0, 0.05) is 26.7 Å². The summed E-state index contributed by atoms with van der Waals surface area (Å²) in [6, 6.07) is 13.3. The van der Waals surface area contributed by atoms with Gasteiger partial charge in [-0.15, -0.1) is 11.8 Å². The molecule has 1 unspecified atom stereocenters. The minimum absolute atomic E-state index is 0.0752. The van der Waals surface area contributed by atoms with Crippen molar-refractivity contribution >= 4 is 27.7 Å². The van der Waals surface area contributed by atoms with Gasteiger partial charge in [-0.2, -0.15) is 0 Å². The molecule has 2 aromatic rings. The average Bonchev–Trinajstić information content (AvgIpc) is 2.51. The lowest BCUT2D eigenvalue weighted by Gasteiger charge is -2.18. The van der Waals surface area contributed by atoms with Gasteiger partial charge in [0.15, 0.2) is 11.6 Å². The number of ether oxygens (including phenoxy) is 1. The molecule has 21 heavy (non-hydrogen) atoms. The van der Waals surface area contributed by atoms with E-state index in [9.17, 15) is 4.39 Å². The van der Waals surface area contributed by atoms with Gasteiger partial charge in [0.05, 0.1) is 7.11 Å². The van der Waals surface area contributed by atoms with E-state index in [1.807, 2.05) is 37.4 Å². The molecule has 0 saturated heterocycles. The van der Waals surface area contributed by atoms with E-state index in [1.165, 1.54) is 7.11 Å². The van der Waals surface area contributed by atoms with Crippen molar-refractivity contribution in [3.8, 4) is 5.75 Å². The van der Waals surface area contributed by atoms with Crippen molar-refractivity contribution in [1.29, 1.82) is 0 Å². The third kappa shape index (κ3) is 4.22. The molecule has 0 aromatic heterocycles. The molecule has 112 valence electrons. The van der Waals surface area contributed by atoms with Crippen molar-refractivity contribution in [2.45, 2.75) is 10.9 Å². The normalized spacial score (nSPS) is 12.2. The highest BCUT2D eigenvalue weighted by molar-refractivity contribution is 9.10. The Morgan fingerprint density at radius 3 is 2.57 bits per heavy atom. The van der Waals surface area contributed by atoms with Crippen molar-refractivity contribution < 1.29 is 9.13 Å². The standard InChI is InChI=1S/C16H17BrFNOS/c1-19-14(10-21-12-8-6-11(17)7-9-12)13-4-3-5-15(20-2)16(13)18/h3-9,14,19H,10H2,1-2H3. The van der Waals surface area contributed by atoms with Crippen molar-refractivity contribution in [2.75, 3.05) is 19.9 Å². The monoisotopic (exact) mass is 369 g/mol. The van der Waals surface area contributed by atoms with Crippen molar-refractivity contribution in [1.82, 2.24) is 5.32 Å². The van der Waals surface area contributed by atoms with Crippen LogP contribution in [0.3, 0.4) is 0 Å². The van der Waals surface area contributed by atoms with Crippen LogP contribution in [0.5, 0.6) is 5.75 Å². The minimum Gasteiger partial charge on any atom is -0.494 e. The Bertz CT molecular complexity index is 591. The number of methoxy groups -OCH3 is 1. The minimum atomic E-state index is -0.296. The second-order valence-corrected chi connectivity index (χ2v) is 6.48. The van der Waals surface area contributed by atoms with E-state index in [2.05, 4.69) is 21.2 Å². The number of hydrogen-bond acceptors (Lipinski definition) is 3. The van der Waals surface area contributed by atoms with Gasteiger partial charge in [-0.3, -0.25) is 0 Å². The van der Waals surface area contributed by atoms with Crippen LogP contribution in [0.1, 0.15) is 11.6 Å². The molecule has 1 N–H and O–H groups in total. The summed E-state index contributed by atoms with van der Waals surface area (Å²) in [5.74, 6) is 0.722. The number of thioether (sulfide) groups is 1. The zero-order valence-corrected chi connectivity index (χ0v) is 14.3. The molecule has 0 spiro atoms. The van der Waals surface area contributed by atoms with E-state index in [1.54, 1.807) is 23.9 Å². The molecule has 2 nitrogen and oxygen atoms in total. The second kappa shape index (κ2) is 7.82. The Labute approximate surface area is 137 Å². The highest BCUT2D eigenvalue weighted by Crippen LogP contribution is 2.29. The quantitative estimate of drug-likeness (QED) is 0.748. The fraction of sp³-hybridized carbons (Fsp3) is 0.250. The number of benzene rings is 2. The first-order valence-corrected chi connectivity index (χ1v) is 8.31. The highest BCUT2D eigenvalue weighted by atomic mass is 79.9. The summed E-state index contributed by atoms with van der Waals surface area (Å²) in [4.78, 5) is 1.15. The smallest absolute Gasteiger partial charge is 0.169 e. The zero-order chi connectivity index (χ0) is 15.2. The van der Waals surface area contributed by atoms with Gasteiger partial charge in [-0.1, -0.05) is 28.1 Å². The molecule has 0 radical (unpaired) electrons. The maximum Gasteiger partial charge on any atom is 0.169 e. The van der Waals surface area contributed by atoms with Crippen LogP contribution in [-0.4, -0.2) is 19.9 Å². The number of nitrogens with one attached hydrogen (secondary N) is 1. The molecule has 0 saturated carbocycles. The van der Waals surface area contributed by atoms with Crippen molar-refractivity contribution in [2.24, 2.45) is 0 Å². The number of hydrogen-bond donors (Lipinski definition) is 1. The summed E-state index contributed by atoms with van der Waals surface area (Å²) in [5, 5.41) is 3.17. The molecule has 0 amide bonds. The molecular weight excluding hydrogens is 353 g/mol. The molecule has 0 bridgehead atoms. The Morgan fingerprint density at radius 2 is 1.95 bits per heavy atom. The Balaban J connectivity index is 2.11. The average molecular weight is 370 g/mol. The van der Waals surface area contributed by atoms with Gasteiger partial charge in [0.25, 0.3) is 0 Å². The fourth-order valence-corrected chi connectivity index (χ4v) is 3.29. The first-order chi connectivity index (χ1) is 10.2. The SMILES string of the molecule is CNC(CSc1ccc(Br)cc1)c1cccc(OC)c1F. The predicted octanol–water partition coefficient (Wildman–Crippen LogP) is 4.65. The summed E-state index contributed by atoms with van der Waals surface area (Å²) < 4.78 is 20.4. The summed E-state index contributed by atoms with van der Waals surface area (Å²) in [6.07, 6.45) is 0. The summed E-state index contributed by atoms with van der Waals surface area (Å²) in [5.41, 5.74) is 0.626. The Kier molecular flexibility index (Phi) is 6.08. The highest BCUT2D eigenvalue weighted by Gasteiger charge is 2.17. The molecule has 5 heteroatoms. The molecule has 0 aliphatic carbocycles. The van der Waals surface area contributed by atoms with Crippen molar-refractivity contribution in [3.63, 3.8) is 0 Å². The van der Waals surface area contributed by atoms with Crippen LogP contribution in [0.4, 0.5) is 4.39 Å². The van der Waals surface area contributed by atoms with Gasteiger partial charge in [0.2, 0.25) is 0 Å². The molecule has 2 aromatic carbocycles. The van der Waals surface area contributed by atoms with Gasteiger partial charge in [0.1, 0.15) is 0 Å². The van der Waals surface area contributed by atoms with E-state index < -0.39 is 0 Å². The maximum absolute atomic E-state index is 14.3. The molecule has 1 atom stereocenters. The zero-order valence-electron chi connectivity index (χ0n) is 11.9. The van der Waals surface area contributed by atoms with E-state index >= 15 is 0 Å². The fourth-order valence-electron chi connectivity index (χ4n) is 1.99. The van der Waals surface area contributed by atoms with Crippen LogP contribution in [0, 0.1) is 5.82 Å².